The van der Waals surface area contributed by atoms with Crippen molar-refractivity contribution in [1.29, 1.82) is 0 Å². The highest BCUT2D eigenvalue weighted by Gasteiger charge is 2.01. The second kappa shape index (κ2) is 3.67. The number of hydrogen-bond donors (Lipinski definition) is 1. The minimum atomic E-state index is 0.556. The lowest BCUT2D eigenvalue weighted by Gasteiger charge is -2.03. The number of thiocarbonyl (C=S) groups is 1. The van der Waals surface area contributed by atoms with Gasteiger partial charge in [0, 0.05) is 18.7 Å². The summed E-state index contributed by atoms with van der Waals surface area (Å²) in [5.41, 5.74) is 7.65. The van der Waals surface area contributed by atoms with Crippen LogP contribution < -0.4 is 5.73 Å². The molecule has 0 aliphatic carbocycles. The van der Waals surface area contributed by atoms with E-state index in [-0.39, 0.29) is 0 Å². The lowest BCUT2D eigenvalue weighted by molar-refractivity contribution is 0.704. The molecule has 0 aliphatic rings. The van der Waals surface area contributed by atoms with Gasteiger partial charge in [-0.3, -0.25) is 0 Å². The minimum absolute atomic E-state index is 0.556. The van der Waals surface area contributed by atoms with Crippen LogP contribution >= 0.6 is 12.2 Å². The first-order chi connectivity index (χ1) is 5.61. The zero-order valence-electron chi connectivity index (χ0n) is 7.37. The fourth-order valence-electron chi connectivity index (χ4n) is 1.00. The molecule has 0 fully saturated rings. The third-order valence-corrected chi connectivity index (χ3v) is 2.15. The molecule has 0 unspecified atom stereocenters. The monoisotopic (exact) mass is 183 g/mol. The third kappa shape index (κ3) is 2.04. The van der Waals surface area contributed by atoms with Gasteiger partial charge in [-0.25, -0.2) is 4.98 Å². The van der Waals surface area contributed by atoms with Crippen molar-refractivity contribution < 1.29 is 0 Å². The summed E-state index contributed by atoms with van der Waals surface area (Å²) in [5, 5.41) is 0. The predicted octanol–water partition coefficient (Wildman–Crippen LogP) is 1.18. The highest BCUT2D eigenvalue weighted by Crippen LogP contribution is 2.04. The van der Waals surface area contributed by atoms with Crippen LogP contribution in [0.5, 0.6) is 0 Å². The summed E-state index contributed by atoms with van der Waals surface area (Å²) in [6.07, 6.45) is 2.56. The number of rotatable bonds is 3. The molecule has 4 heteroatoms. The lowest BCUT2D eigenvalue weighted by Crippen LogP contribution is -2.12. The molecule has 1 aromatic heterocycles. The van der Waals surface area contributed by atoms with Crippen LogP contribution in [0.2, 0.25) is 0 Å². The molecule has 12 heavy (non-hydrogen) atoms. The number of nitrogens with two attached hydrogens (primary N) is 1. The van der Waals surface area contributed by atoms with E-state index >= 15 is 0 Å². The molecule has 0 aliphatic heterocycles. The van der Waals surface area contributed by atoms with E-state index in [1.54, 1.807) is 0 Å². The Morgan fingerprint density at radius 3 is 2.75 bits per heavy atom. The van der Waals surface area contributed by atoms with Crippen LogP contribution in [0.25, 0.3) is 0 Å². The molecular formula is C8H13N3S. The molecule has 0 spiro atoms. The van der Waals surface area contributed by atoms with Crippen LogP contribution in [0, 0.1) is 13.8 Å². The number of imidazole rings is 1. The van der Waals surface area contributed by atoms with E-state index in [1.165, 1.54) is 5.69 Å². The lowest BCUT2D eigenvalue weighted by atomic mass is 10.3. The molecular weight excluding hydrogens is 170 g/mol. The van der Waals surface area contributed by atoms with Crippen molar-refractivity contribution in [3.8, 4) is 0 Å². The summed E-state index contributed by atoms with van der Waals surface area (Å²) >= 11 is 4.79. The summed E-state index contributed by atoms with van der Waals surface area (Å²) < 4.78 is 2.06. The molecule has 0 amide bonds. The van der Waals surface area contributed by atoms with Gasteiger partial charge in [-0.1, -0.05) is 12.2 Å². The van der Waals surface area contributed by atoms with Crippen molar-refractivity contribution in [2.75, 3.05) is 0 Å². The highest BCUT2D eigenvalue weighted by molar-refractivity contribution is 7.80. The third-order valence-electron chi connectivity index (χ3n) is 1.94. The summed E-state index contributed by atoms with van der Waals surface area (Å²) in [6, 6.07) is 0. The zero-order valence-corrected chi connectivity index (χ0v) is 8.19. The summed E-state index contributed by atoms with van der Waals surface area (Å²) in [4.78, 5) is 4.73. The van der Waals surface area contributed by atoms with E-state index in [0.717, 1.165) is 18.7 Å². The Morgan fingerprint density at radius 1 is 1.67 bits per heavy atom. The van der Waals surface area contributed by atoms with Crippen LogP contribution in [0.15, 0.2) is 6.33 Å². The van der Waals surface area contributed by atoms with Crippen molar-refractivity contribution in [3.05, 3.63) is 17.7 Å². The van der Waals surface area contributed by atoms with Crippen LogP contribution in [-0.4, -0.2) is 14.5 Å². The Balaban J connectivity index is 2.63. The molecule has 0 bridgehead atoms. The van der Waals surface area contributed by atoms with E-state index in [1.807, 2.05) is 20.2 Å². The van der Waals surface area contributed by atoms with Gasteiger partial charge in [0.05, 0.1) is 17.0 Å². The van der Waals surface area contributed by atoms with E-state index in [0.29, 0.717) is 4.99 Å². The van der Waals surface area contributed by atoms with Gasteiger partial charge in [0.15, 0.2) is 0 Å². The summed E-state index contributed by atoms with van der Waals surface area (Å²) in [6.45, 7) is 4.87. The van der Waals surface area contributed by atoms with Crippen LogP contribution in [0.1, 0.15) is 17.8 Å². The number of aromatic nitrogens is 2. The normalized spacial score (nSPS) is 10.2. The fourth-order valence-corrected chi connectivity index (χ4v) is 1.09. The molecule has 0 atom stereocenters. The first-order valence-electron chi connectivity index (χ1n) is 3.88. The quantitative estimate of drug-likeness (QED) is 0.715. The topological polar surface area (TPSA) is 43.8 Å². The Morgan fingerprint density at radius 2 is 2.33 bits per heavy atom. The molecule has 2 N–H and O–H groups in total. The molecule has 0 radical (unpaired) electrons. The van der Waals surface area contributed by atoms with Crippen LogP contribution in [0.3, 0.4) is 0 Å². The van der Waals surface area contributed by atoms with Gasteiger partial charge in [-0.05, 0) is 13.8 Å². The van der Waals surface area contributed by atoms with Crippen LogP contribution in [-0.2, 0) is 6.54 Å². The van der Waals surface area contributed by atoms with Crippen molar-refractivity contribution in [3.63, 3.8) is 0 Å². The second-order valence-corrected chi connectivity index (χ2v) is 3.35. The van der Waals surface area contributed by atoms with E-state index in [9.17, 15) is 0 Å². The zero-order chi connectivity index (χ0) is 9.14. The maximum Gasteiger partial charge on any atom is 0.0951 e. The molecule has 3 nitrogen and oxygen atoms in total. The smallest absolute Gasteiger partial charge is 0.0951 e. The Bertz CT molecular complexity index is 290. The molecule has 0 saturated heterocycles. The van der Waals surface area contributed by atoms with Gasteiger partial charge in [0.2, 0.25) is 0 Å². The van der Waals surface area contributed by atoms with E-state index < -0.39 is 0 Å². The predicted molar refractivity (Wildman–Crippen MR) is 53.1 cm³/mol. The molecule has 1 aromatic rings. The first-order valence-corrected chi connectivity index (χ1v) is 4.28. The van der Waals surface area contributed by atoms with Gasteiger partial charge >= 0.3 is 0 Å². The van der Waals surface area contributed by atoms with E-state index in [4.69, 9.17) is 18.0 Å². The summed E-state index contributed by atoms with van der Waals surface area (Å²) in [5.74, 6) is 0. The van der Waals surface area contributed by atoms with Crippen molar-refractivity contribution in [2.45, 2.75) is 26.8 Å². The SMILES string of the molecule is Cc1ncn(CCC(N)=S)c1C. The Labute approximate surface area is 77.6 Å². The number of nitrogens with zero attached hydrogens (tertiary/aromatic N) is 2. The molecule has 0 saturated carbocycles. The van der Waals surface area contributed by atoms with Crippen LogP contribution in [0.4, 0.5) is 0 Å². The van der Waals surface area contributed by atoms with Gasteiger partial charge < -0.3 is 10.3 Å². The van der Waals surface area contributed by atoms with Gasteiger partial charge in [-0.15, -0.1) is 0 Å². The average molecular weight is 183 g/mol. The number of hydrogen-bond acceptors (Lipinski definition) is 2. The summed E-state index contributed by atoms with van der Waals surface area (Å²) in [7, 11) is 0. The maximum absolute atomic E-state index is 5.39. The maximum atomic E-state index is 5.39. The van der Waals surface area contributed by atoms with Gasteiger partial charge in [-0.2, -0.15) is 0 Å². The second-order valence-electron chi connectivity index (χ2n) is 2.83. The van der Waals surface area contributed by atoms with Crippen molar-refractivity contribution >= 4 is 17.2 Å². The van der Waals surface area contributed by atoms with Gasteiger partial charge in [0.1, 0.15) is 0 Å². The molecule has 1 rings (SSSR count). The van der Waals surface area contributed by atoms with Crippen molar-refractivity contribution in [1.82, 2.24) is 9.55 Å². The highest BCUT2D eigenvalue weighted by atomic mass is 32.1. The van der Waals surface area contributed by atoms with Gasteiger partial charge in [0.25, 0.3) is 0 Å². The average Bonchev–Trinajstić information content (AvgIpc) is 2.30. The van der Waals surface area contributed by atoms with E-state index in [2.05, 4.69) is 9.55 Å². The molecule has 0 aromatic carbocycles. The fraction of sp³-hybridized carbons (Fsp3) is 0.500. The Kier molecular flexibility index (Phi) is 2.81. The molecule has 66 valence electrons. The Hall–Kier alpha value is -0.900. The van der Waals surface area contributed by atoms with Crippen molar-refractivity contribution in [2.24, 2.45) is 5.73 Å². The first kappa shape index (κ1) is 9.19. The largest absolute Gasteiger partial charge is 0.393 e. The number of aryl methyl sites for hydroxylation is 2. The minimum Gasteiger partial charge on any atom is -0.393 e. The standard InChI is InChI=1S/C8H13N3S/c1-6-7(2)11(5-10-6)4-3-8(9)12/h5H,3-4H2,1-2H3,(H2,9,12). The molecule has 1 heterocycles.